The van der Waals surface area contributed by atoms with Gasteiger partial charge >= 0.3 is 0 Å². The van der Waals surface area contributed by atoms with Gasteiger partial charge < -0.3 is 10.1 Å². The number of hydrogen-bond acceptors (Lipinski definition) is 5. The molecule has 1 amide bonds. The fourth-order valence-corrected chi connectivity index (χ4v) is 4.20. The van der Waals surface area contributed by atoms with Crippen LogP contribution in [0.1, 0.15) is 49.5 Å². The Morgan fingerprint density at radius 1 is 1.37 bits per heavy atom. The smallest absolute Gasteiger partial charge is 0.226 e. The lowest BCUT2D eigenvalue weighted by atomic mass is 10.0. The molecule has 1 unspecified atom stereocenters. The van der Waals surface area contributed by atoms with Crippen LogP contribution < -0.4 is 10.1 Å². The van der Waals surface area contributed by atoms with Gasteiger partial charge in [-0.1, -0.05) is 24.6 Å². The van der Waals surface area contributed by atoms with Crippen molar-refractivity contribution in [1.82, 2.24) is 9.88 Å². The summed E-state index contributed by atoms with van der Waals surface area (Å²) in [6.07, 6.45) is 6.88. The molecule has 1 fully saturated rings. The molecule has 1 aliphatic heterocycles. The summed E-state index contributed by atoms with van der Waals surface area (Å²) in [5.74, 6) is 0.880. The first-order valence-electron chi connectivity index (χ1n) is 9.79. The van der Waals surface area contributed by atoms with Crippen LogP contribution in [0.2, 0.25) is 0 Å². The number of piperidine rings is 1. The van der Waals surface area contributed by atoms with Gasteiger partial charge in [-0.3, -0.25) is 9.69 Å². The molecule has 1 saturated heterocycles. The number of aromatic nitrogens is 1. The molecule has 1 aromatic heterocycles. The highest BCUT2D eigenvalue weighted by Crippen LogP contribution is 2.24. The number of para-hydroxylation sites is 1. The van der Waals surface area contributed by atoms with Gasteiger partial charge in [0.1, 0.15) is 5.75 Å². The Bertz CT molecular complexity index is 747. The number of nitrogens with zero attached hydrogens (tertiary/aromatic N) is 2. The first-order chi connectivity index (χ1) is 13.1. The summed E-state index contributed by atoms with van der Waals surface area (Å²) >= 11 is 1.58. The first-order valence-corrected chi connectivity index (χ1v) is 10.6. The number of aryl methyl sites for hydroxylation is 1. The van der Waals surface area contributed by atoms with E-state index in [1.165, 1.54) is 24.1 Å². The van der Waals surface area contributed by atoms with Gasteiger partial charge in [0.2, 0.25) is 5.91 Å². The number of rotatable bonds is 8. The zero-order chi connectivity index (χ0) is 19.1. The predicted molar refractivity (Wildman–Crippen MR) is 110 cm³/mol. The number of thiazole rings is 1. The van der Waals surface area contributed by atoms with Crippen LogP contribution in [0.3, 0.4) is 0 Å². The van der Waals surface area contributed by atoms with Crippen molar-refractivity contribution < 1.29 is 9.53 Å². The van der Waals surface area contributed by atoms with Crippen molar-refractivity contribution in [2.75, 3.05) is 18.5 Å². The van der Waals surface area contributed by atoms with Crippen LogP contribution in [0.4, 0.5) is 5.13 Å². The molecule has 0 bridgehead atoms. The second-order valence-electron chi connectivity index (χ2n) is 7.21. The number of anilines is 1. The SMILES string of the molecule is Cc1ccccc1OCCCC(=O)Nc1ncc(CN2CCCCC2C)s1. The minimum absolute atomic E-state index is 0.00405. The number of carbonyl (C=O) groups excluding carboxylic acids is 1. The Kier molecular flexibility index (Phi) is 7.24. The number of ether oxygens (including phenoxy) is 1. The fraction of sp³-hybridized carbons (Fsp3) is 0.524. The predicted octanol–water partition coefficient (Wildman–Crippen LogP) is 4.62. The normalized spacial score (nSPS) is 17.6. The highest BCUT2D eigenvalue weighted by Gasteiger charge is 2.19. The molecule has 1 atom stereocenters. The van der Waals surface area contributed by atoms with Crippen LogP contribution in [0.15, 0.2) is 30.5 Å². The molecule has 1 aliphatic rings. The number of benzene rings is 1. The number of carbonyl (C=O) groups is 1. The largest absolute Gasteiger partial charge is 0.493 e. The molecule has 0 saturated carbocycles. The van der Waals surface area contributed by atoms with Gasteiger partial charge in [0.25, 0.3) is 0 Å². The lowest BCUT2D eigenvalue weighted by Crippen LogP contribution is -2.36. The molecule has 3 rings (SSSR count). The standard InChI is InChI=1S/C21H29N3O2S/c1-16-8-3-4-10-19(16)26-13-7-11-20(25)23-21-22-14-18(27-21)15-24-12-6-5-9-17(24)2/h3-4,8,10,14,17H,5-7,9,11-13,15H2,1-2H3,(H,22,23,25). The minimum atomic E-state index is -0.00405. The maximum Gasteiger partial charge on any atom is 0.226 e. The van der Waals surface area contributed by atoms with Crippen LogP contribution in [0, 0.1) is 6.92 Å². The minimum Gasteiger partial charge on any atom is -0.493 e. The monoisotopic (exact) mass is 387 g/mol. The Labute approximate surface area is 165 Å². The van der Waals surface area contributed by atoms with E-state index in [4.69, 9.17) is 4.74 Å². The summed E-state index contributed by atoms with van der Waals surface area (Å²) in [7, 11) is 0. The fourth-order valence-electron chi connectivity index (χ4n) is 3.35. The Balaban J connectivity index is 1.38. The van der Waals surface area contributed by atoms with Gasteiger partial charge in [-0.05, 0) is 51.3 Å². The van der Waals surface area contributed by atoms with E-state index in [9.17, 15) is 4.79 Å². The quantitative estimate of drug-likeness (QED) is 0.671. The van der Waals surface area contributed by atoms with E-state index in [0.717, 1.165) is 24.4 Å². The molecule has 2 heterocycles. The summed E-state index contributed by atoms with van der Waals surface area (Å²) < 4.78 is 5.74. The van der Waals surface area contributed by atoms with Crippen molar-refractivity contribution in [3.8, 4) is 5.75 Å². The molecule has 27 heavy (non-hydrogen) atoms. The summed E-state index contributed by atoms with van der Waals surface area (Å²) in [5, 5.41) is 3.61. The van der Waals surface area contributed by atoms with E-state index in [1.54, 1.807) is 11.3 Å². The molecule has 0 aliphatic carbocycles. The lowest BCUT2D eigenvalue weighted by Gasteiger charge is -2.32. The summed E-state index contributed by atoms with van der Waals surface area (Å²) in [6.45, 7) is 6.93. The van der Waals surface area contributed by atoms with Crippen LogP contribution >= 0.6 is 11.3 Å². The van der Waals surface area contributed by atoms with Crippen molar-refractivity contribution in [3.05, 3.63) is 40.9 Å². The Morgan fingerprint density at radius 3 is 3.04 bits per heavy atom. The zero-order valence-corrected chi connectivity index (χ0v) is 17.1. The molecule has 6 heteroatoms. The molecule has 5 nitrogen and oxygen atoms in total. The van der Waals surface area contributed by atoms with Gasteiger partial charge in [0, 0.05) is 30.1 Å². The number of likely N-dealkylation sites (tertiary alicyclic amines) is 1. The van der Waals surface area contributed by atoms with E-state index in [2.05, 4.69) is 22.1 Å². The van der Waals surface area contributed by atoms with Crippen molar-refractivity contribution in [3.63, 3.8) is 0 Å². The van der Waals surface area contributed by atoms with E-state index in [0.29, 0.717) is 30.6 Å². The average Bonchev–Trinajstić information content (AvgIpc) is 3.09. The molecule has 1 aromatic carbocycles. The van der Waals surface area contributed by atoms with E-state index < -0.39 is 0 Å². The van der Waals surface area contributed by atoms with E-state index in [1.807, 2.05) is 37.4 Å². The van der Waals surface area contributed by atoms with Gasteiger partial charge in [0.15, 0.2) is 5.13 Å². The third-order valence-corrected chi connectivity index (χ3v) is 5.90. The van der Waals surface area contributed by atoms with Gasteiger partial charge in [-0.2, -0.15) is 0 Å². The maximum absolute atomic E-state index is 12.1. The van der Waals surface area contributed by atoms with Crippen molar-refractivity contribution >= 4 is 22.4 Å². The van der Waals surface area contributed by atoms with Crippen LogP contribution in [0.5, 0.6) is 5.75 Å². The average molecular weight is 388 g/mol. The molecular formula is C21H29N3O2S. The first kappa shape index (κ1) is 19.8. The lowest BCUT2D eigenvalue weighted by molar-refractivity contribution is -0.116. The second kappa shape index (κ2) is 9.85. The molecular weight excluding hydrogens is 358 g/mol. The highest BCUT2D eigenvalue weighted by atomic mass is 32.1. The summed E-state index contributed by atoms with van der Waals surface area (Å²) in [5.41, 5.74) is 1.11. The van der Waals surface area contributed by atoms with Crippen molar-refractivity contribution in [1.29, 1.82) is 0 Å². The molecule has 146 valence electrons. The third-order valence-electron chi connectivity index (χ3n) is 5.00. The third kappa shape index (κ3) is 6.04. The van der Waals surface area contributed by atoms with Gasteiger partial charge in [-0.15, -0.1) is 11.3 Å². The Hall–Kier alpha value is -1.92. The molecule has 0 radical (unpaired) electrons. The second-order valence-corrected chi connectivity index (χ2v) is 8.33. The van der Waals surface area contributed by atoms with Crippen LogP contribution in [-0.2, 0) is 11.3 Å². The van der Waals surface area contributed by atoms with Crippen molar-refractivity contribution in [2.24, 2.45) is 0 Å². The molecule has 0 spiro atoms. The number of nitrogens with one attached hydrogen (secondary N) is 1. The van der Waals surface area contributed by atoms with E-state index >= 15 is 0 Å². The summed E-state index contributed by atoms with van der Waals surface area (Å²) in [4.78, 5) is 20.2. The van der Waals surface area contributed by atoms with Crippen LogP contribution in [-0.4, -0.2) is 35.0 Å². The zero-order valence-electron chi connectivity index (χ0n) is 16.2. The number of hydrogen-bond donors (Lipinski definition) is 1. The summed E-state index contributed by atoms with van der Waals surface area (Å²) in [6, 6.07) is 8.55. The molecule has 2 aromatic rings. The van der Waals surface area contributed by atoms with Crippen molar-refractivity contribution in [2.45, 2.75) is 58.5 Å². The highest BCUT2D eigenvalue weighted by molar-refractivity contribution is 7.15. The Morgan fingerprint density at radius 2 is 2.22 bits per heavy atom. The van der Waals surface area contributed by atoms with Crippen LogP contribution in [0.25, 0.3) is 0 Å². The molecule has 1 N–H and O–H groups in total. The van der Waals surface area contributed by atoms with Gasteiger partial charge in [-0.25, -0.2) is 4.98 Å². The van der Waals surface area contributed by atoms with E-state index in [-0.39, 0.29) is 5.91 Å². The maximum atomic E-state index is 12.1. The number of amides is 1. The topological polar surface area (TPSA) is 54.5 Å². The van der Waals surface area contributed by atoms with Gasteiger partial charge in [0.05, 0.1) is 6.61 Å².